The summed E-state index contributed by atoms with van der Waals surface area (Å²) in [6.45, 7) is 12.0. The number of aliphatic hydroxyl groups is 2. The Bertz CT molecular complexity index is 702. The van der Waals surface area contributed by atoms with E-state index in [2.05, 4.69) is 46.8 Å². The summed E-state index contributed by atoms with van der Waals surface area (Å²) in [5.41, 5.74) is 0.218. The lowest BCUT2D eigenvalue weighted by Crippen LogP contribution is -2.63. The first-order chi connectivity index (χ1) is 14.1. The molecule has 4 aliphatic carbocycles. The molecule has 2 N–H and O–H groups in total. The van der Waals surface area contributed by atoms with E-state index < -0.39 is 0 Å². The summed E-state index contributed by atoms with van der Waals surface area (Å²) in [6, 6.07) is 0. The predicted octanol–water partition coefficient (Wildman–Crippen LogP) is 5.35. The molecule has 0 aromatic carbocycles. The number of allylic oxidation sites excluding steroid dienone is 2. The van der Waals surface area contributed by atoms with Crippen LogP contribution in [-0.4, -0.2) is 34.1 Å². The van der Waals surface area contributed by atoms with E-state index in [1.165, 1.54) is 32.1 Å². The maximum atomic E-state index is 11.5. The van der Waals surface area contributed by atoms with Gasteiger partial charge in [0, 0.05) is 11.8 Å². The van der Waals surface area contributed by atoms with Gasteiger partial charge in [0.05, 0.1) is 12.2 Å². The number of aliphatic hydroxyl groups excluding tert-OH is 2. The second-order valence-corrected chi connectivity index (χ2v) is 12.7. The Morgan fingerprint density at radius 2 is 1.77 bits per heavy atom. The van der Waals surface area contributed by atoms with Crippen molar-refractivity contribution in [1.82, 2.24) is 0 Å². The lowest BCUT2D eigenvalue weighted by Gasteiger charge is -2.60. The highest BCUT2D eigenvalue weighted by Crippen LogP contribution is 2.74. The maximum Gasteiger partial charge on any atom is 0.114 e. The zero-order valence-corrected chi connectivity index (χ0v) is 19.8. The SMILES string of the molecule is CC(C)CC=CC(C)C1CCC2C3C(O)C4OC45CC(O)CCC5(C)C3CCC12C. The minimum Gasteiger partial charge on any atom is -0.393 e. The van der Waals surface area contributed by atoms with Crippen LogP contribution in [0.25, 0.3) is 0 Å². The fourth-order valence-corrected chi connectivity index (χ4v) is 9.24. The van der Waals surface area contributed by atoms with Crippen LogP contribution in [0.4, 0.5) is 0 Å². The van der Waals surface area contributed by atoms with E-state index in [1.54, 1.807) is 0 Å². The number of rotatable bonds is 4. The van der Waals surface area contributed by atoms with Crippen molar-refractivity contribution in [2.24, 2.45) is 46.3 Å². The lowest BCUT2D eigenvalue weighted by molar-refractivity contribution is -0.150. The fourth-order valence-electron chi connectivity index (χ4n) is 9.24. The molecule has 4 saturated carbocycles. The highest BCUT2D eigenvalue weighted by Gasteiger charge is 2.79. The van der Waals surface area contributed by atoms with Gasteiger partial charge >= 0.3 is 0 Å². The number of hydrogen-bond acceptors (Lipinski definition) is 3. The number of ether oxygens (including phenoxy) is 1. The Labute approximate surface area is 183 Å². The minimum absolute atomic E-state index is 0.0385. The highest BCUT2D eigenvalue weighted by molar-refractivity contribution is 5.27. The zero-order chi connectivity index (χ0) is 21.5. The number of epoxide rings is 1. The van der Waals surface area contributed by atoms with E-state index in [0.717, 1.165) is 31.1 Å². The average Bonchev–Trinajstić information content (AvgIpc) is 3.29. The summed E-state index contributed by atoms with van der Waals surface area (Å²) in [6.07, 6.45) is 13.2. The Kier molecular flexibility index (Phi) is 5.05. The summed E-state index contributed by atoms with van der Waals surface area (Å²) in [7, 11) is 0. The van der Waals surface area contributed by atoms with Gasteiger partial charge < -0.3 is 14.9 Å². The van der Waals surface area contributed by atoms with Crippen LogP contribution in [0.15, 0.2) is 12.2 Å². The second-order valence-electron chi connectivity index (χ2n) is 12.7. The molecule has 0 aromatic rings. The lowest BCUT2D eigenvalue weighted by atomic mass is 9.43. The minimum atomic E-state index is -0.344. The molecule has 11 atom stereocenters. The van der Waals surface area contributed by atoms with Crippen LogP contribution in [0.3, 0.4) is 0 Å². The molecule has 1 heterocycles. The van der Waals surface area contributed by atoms with Crippen LogP contribution >= 0.6 is 0 Å². The largest absolute Gasteiger partial charge is 0.393 e. The molecule has 5 aliphatic rings. The van der Waals surface area contributed by atoms with Gasteiger partial charge in [0.15, 0.2) is 0 Å². The molecule has 0 aromatic heterocycles. The van der Waals surface area contributed by atoms with Crippen LogP contribution in [-0.2, 0) is 4.74 Å². The normalized spacial score (nSPS) is 55.7. The molecule has 30 heavy (non-hydrogen) atoms. The van der Waals surface area contributed by atoms with E-state index in [9.17, 15) is 10.2 Å². The third-order valence-electron chi connectivity index (χ3n) is 10.9. The molecule has 11 unspecified atom stereocenters. The molecule has 3 nitrogen and oxygen atoms in total. The molecular formula is C27H44O3. The van der Waals surface area contributed by atoms with Crippen molar-refractivity contribution >= 4 is 0 Å². The zero-order valence-electron chi connectivity index (χ0n) is 19.8. The summed E-state index contributed by atoms with van der Waals surface area (Å²) < 4.78 is 6.36. The fraction of sp³-hybridized carbons (Fsp3) is 0.926. The van der Waals surface area contributed by atoms with Gasteiger partial charge in [-0.15, -0.1) is 0 Å². The Balaban J connectivity index is 1.40. The van der Waals surface area contributed by atoms with Crippen LogP contribution in [0.5, 0.6) is 0 Å². The molecule has 5 rings (SSSR count). The van der Waals surface area contributed by atoms with Gasteiger partial charge in [0.25, 0.3) is 0 Å². The van der Waals surface area contributed by atoms with Gasteiger partial charge in [-0.1, -0.05) is 46.8 Å². The van der Waals surface area contributed by atoms with Crippen molar-refractivity contribution in [3.8, 4) is 0 Å². The highest BCUT2D eigenvalue weighted by atomic mass is 16.6. The quantitative estimate of drug-likeness (QED) is 0.480. The van der Waals surface area contributed by atoms with Crippen LogP contribution in [0.2, 0.25) is 0 Å². The molecule has 1 spiro atoms. The van der Waals surface area contributed by atoms with E-state index in [1.807, 2.05) is 0 Å². The summed E-state index contributed by atoms with van der Waals surface area (Å²) >= 11 is 0. The molecule has 170 valence electrons. The van der Waals surface area contributed by atoms with Gasteiger partial charge in [0.2, 0.25) is 0 Å². The van der Waals surface area contributed by atoms with E-state index in [4.69, 9.17) is 4.74 Å². The van der Waals surface area contributed by atoms with Crippen molar-refractivity contribution in [2.75, 3.05) is 0 Å². The molecule has 0 radical (unpaired) electrons. The van der Waals surface area contributed by atoms with Crippen LogP contribution < -0.4 is 0 Å². The molecular weight excluding hydrogens is 372 g/mol. The van der Waals surface area contributed by atoms with Gasteiger partial charge in [-0.05, 0) is 85.9 Å². The third kappa shape index (κ3) is 2.80. The van der Waals surface area contributed by atoms with Gasteiger partial charge in [-0.25, -0.2) is 0 Å². The van der Waals surface area contributed by atoms with Crippen LogP contribution in [0.1, 0.15) is 86.0 Å². The summed E-state index contributed by atoms with van der Waals surface area (Å²) in [5.74, 6) is 3.60. The molecule has 1 aliphatic heterocycles. The summed E-state index contributed by atoms with van der Waals surface area (Å²) in [4.78, 5) is 0. The molecule has 3 heteroatoms. The maximum absolute atomic E-state index is 11.5. The average molecular weight is 417 g/mol. The smallest absolute Gasteiger partial charge is 0.114 e. The van der Waals surface area contributed by atoms with Crippen molar-refractivity contribution in [2.45, 2.75) is 110 Å². The number of fused-ring (bicyclic) bond motifs is 4. The summed E-state index contributed by atoms with van der Waals surface area (Å²) in [5, 5.41) is 21.9. The van der Waals surface area contributed by atoms with E-state index in [-0.39, 0.29) is 29.3 Å². The molecule has 1 saturated heterocycles. The van der Waals surface area contributed by atoms with Crippen molar-refractivity contribution in [3.05, 3.63) is 12.2 Å². The van der Waals surface area contributed by atoms with Crippen LogP contribution in [0, 0.1) is 46.3 Å². The van der Waals surface area contributed by atoms with Crippen molar-refractivity contribution in [1.29, 1.82) is 0 Å². The monoisotopic (exact) mass is 416 g/mol. The Hall–Kier alpha value is -0.380. The predicted molar refractivity (Wildman–Crippen MR) is 120 cm³/mol. The molecule has 0 amide bonds. The molecule has 5 fully saturated rings. The first-order valence-corrected chi connectivity index (χ1v) is 12.8. The van der Waals surface area contributed by atoms with Gasteiger partial charge in [-0.3, -0.25) is 0 Å². The second kappa shape index (κ2) is 7.06. The van der Waals surface area contributed by atoms with Gasteiger partial charge in [-0.2, -0.15) is 0 Å². The number of hydrogen-bond donors (Lipinski definition) is 2. The topological polar surface area (TPSA) is 53.0 Å². The van der Waals surface area contributed by atoms with Crippen molar-refractivity contribution < 1.29 is 14.9 Å². The molecule has 0 bridgehead atoms. The Morgan fingerprint density at radius 1 is 1.00 bits per heavy atom. The van der Waals surface area contributed by atoms with E-state index >= 15 is 0 Å². The first-order valence-electron chi connectivity index (χ1n) is 12.8. The van der Waals surface area contributed by atoms with Crippen molar-refractivity contribution in [3.63, 3.8) is 0 Å². The van der Waals surface area contributed by atoms with Gasteiger partial charge in [0.1, 0.15) is 11.7 Å². The first kappa shape index (κ1) is 21.5. The Morgan fingerprint density at radius 3 is 2.50 bits per heavy atom. The third-order valence-corrected chi connectivity index (χ3v) is 10.9. The van der Waals surface area contributed by atoms with E-state index in [0.29, 0.717) is 29.1 Å². The standard InChI is InChI=1S/C27H44O3/c1-16(2)7-6-8-17(3)19-9-10-20-22-21(12-13-25(19,20)4)26(5)14-11-18(28)15-27(26)24(30-27)23(22)29/h6,8,16-24,28-29H,7,9-15H2,1-5H3.